The third kappa shape index (κ3) is 8.06. The molecule has 0 aliphatic heterocycles. The van der Waals surface area contributed by atoms with Gasteiger partial charge in [-0.05, 0) is 20.8 Å². The van der Waals surface area contributed by atoms with Gasteiger partial charge in [0.2, 0.25) is 0 Å². The summed E-state index contributed by atoms with van der Waals surface area (Å²) in [5.74, 6) is 0. The van der Waals surface area contributed by atoms with E-state index in [2.05, 4.69) is 8.85 Å². The molecule has 0 rings (SSSR count). The number of amides is 1. The molecule has 12 heavy (non-hydrogen) atoms. The molecule has 0 saturated carbocycles. The van der Waals surface area contributed by atoms with Crippen molar-refractivity contribution < 1.29 is 9.53 Å². The predicted molar refractivity (Wildman–Crippen MR) is 56.3 cm³/mol. The molecule has 0 saturated heterocycles. The van der Waals surface area contributed by atoms with Crippen LogP contribution in [-0.2, 0) is 4.74 Å². The van der Waals surface area contributed by atoms with Crippen molar-refractivity contribution in [1.29, 1.82) is 0 Å². The van der Waals surface area contributed by atoms with E-state index >= 15 is 0 Å². The molecule has 1 amide bonds. The van der Waals surface area contributed by atoms with Crippen LogP contribution in [0.3, 0.4) is 0 Å². The van der Waals surface area contributed by atoms with Crippen molar-refractivity contribution in [3.63, 3.8) is 0 Å². The van der Waals surface area contributed by atoms with E-state index in [0.717, 1.165) is 6.54 Å². The lowest BCUT2D eigenvalue weighted by molar-refractivity contribution is 0.0529. The molecule has 0 heterocycles. The average Bonchev–Trinajstić information content (AvgIpc) is 1.84. The summed E-state index contributed by atoms with van der Waals surface area (Å²) in [7, 11) is 0. The quantitative estimate of drug-likeness (QED) is 0.469. The molecule has 0 radical (unpaired) electrons. The lowest BCUT2D eigenvalue weighted by atomic mass is 10.2. The van der Waals surface area contributed by atoms with E-state index in [-0.39, 0.29) is 6.09 Å². The SMILES string of the molecule is CC(C)(C)OC(=O)NCCNI. The number of ether oxygens (including phenoxy) is 1. The Kier molecular flexibility index (Phi) is 5.56. The zero-order chi connectivity index (χ0) is 9.61. The molecule has 0 spiro atoms. The number of rotatable bonds is 3. The lowest BCUT2D eigenvalue weighted by Crippen LogP contribution is -2.35. The molecule has 0 unspecified atom stereocenters. The average molecular weight is 286 g/mol. The molecule has 0 atom stereocenters. The number of halogens is 1. The Bertz CT molecular complexity index is 145. The largest absolute Gasteiger partial charge is 0.444 e. The fourth-order valence-corrected chi connectivity index (χ4v) is 0.796. The topological polar surface area (TPSA) is 50.4 Å². The summed E-state index contributed by atoms with van der Waals surface area (Å²) in [5, 5.41) is 2.61. The van der Waals surface area contributed by atoms with Crippen LogP contribution >= 0.6 is 22.9 Å². The lowest BCUT2D eigenvalue weighted by Gasteiger charge is -2.19. The van der Waals surface area contributed by atoms with Gasteiger partial charge >= 0.3 is 6.09 Å². The first-order valence-electron chi connectivity index (χ1n) is 3.76. The van der Waals surface area contributed by atoms with Crippen molar-refractivity contribution >= 4 is 29.0 Å². The maximum absolute atomic E-state index is 11.0. The van der Waals surface area contributed by atoms with Crippen molar-refractivity contribution in [3.05, 3.63) is 0 Å². The maximum atomic E-state index is 11.0. The van der Waals surface area contributed by atoms with Crippen LogP contribution in [0.1, 0.15) is 20.8 Å². The Labute approximate surface area is 86.9 Å². The van der Waals surface area contributed by atoms with Gasteiger partial charge in [-0.25, -0.2) is 4.79 Å². The van der Waals surface area contributed by atoms with Gasteiger partial charge in [-0.1, -0.05) is 0 Å². The first kappa shape index (κ1) is 12.0. The highest BCUT2D eigenvalue weighted by molar-refractivity contribution is 14.1. The van der Waals surface area contributed by atoms with Crippen molar-refractivity contribution in [2.45, 2.75) is 26.4 Å². The van der Waals surface area contributed by atoms with Crippen LogP contribution < -0.4 is 8.85 Å². The molecule has 0 fully saturated rings. The first-order valence-corrected chi connectivity index (χ1v) is 4.84. The minimum Gasteiger partial charge on any atom is -0.444 e. The summed E-state index contributed by atoms with van der Waals surface area (Å²) in [4.78, 5) is 11.0. The van der Waals surface area contributed by atoms with E-state index in [1.54, 1.807) is 0 Å². The molecule has 0 aliphatic carbocycles. The van der Waals surface area contributed by atoms with Crippen LogP contribution in [0.5, 0.6) is 0 Å². The second-order valence-electron chi connectivity index (χ2n) is 3.31. The minimum atomic E-state index is -0.415. The Balaban J connectivity index is 3.47. The number of carbonyl (C=O) groups is 1. The summed E-state index contributed by atoms with van der Waals surface area (Å²) < 4.78 is 7.89. The first-order chi connectivity index (χ1) is 5.45. The molecule has 2 N–H and O–H groups in total. The van der Waals surface area contributed by atoms with Crippen LogP contribution in [0.25, 0.3) is 0 Å². The maximum Gasteiger partial charge on any atom is 0.407 e. The molecule has 72 valence electrons. The van der Waals surface area contributed by atoms with Crippen LogP contribution in [0.2, 0.25) is 0 Å². The van der Waals surface area contributed by atoms with E-state index < -0.39 is 5.60 Å². The van der Waals surface area contributed by atoms with Crippen molar-refractivity contribution in [3.8, 4) is 0 Å². The van der Waals surface area contributed by atoms with Crippen LogP contribution in [0.15, 0.2) is 0 Å². The van der Waals surface area contributed by atoms with Gasteiger partial charge in [0.1, 0.15) is 5.60 Å². The van der Waals surface area contributed by atoms with Gasteiger partial charge in [0.15, 0.2) is 0 Å². The second-order valence-corrected chi connectivity index (χ2v) is 4.08. The number of alkyl carbamates (subject to hydrolysis) is 1. The molecule has 0 aromatic carbocycles. The third-order valence-corrected chi connectivity index (χ3v) is 1.43. The normalized spacial score (nSPS) is 11.0. The number of nitrogens with one attached hydrogen (secondary N) is 2. The molecule has 5 heteroatoms. The van der Waals surface area contributed by atoms with E-state index in [1.165, 1.54) is 0 Å². The summed E-state index contributed by atoms with van der Waals surface area (Å²) in [5.41, 5.74) is -0.415. The second kappa shape index (κ2) is 5.58. The van der Waals surface area contributed by atoms with Crippen molar-refractivity contribution in [1.82, 2.24) is 8.85 Å². The Morgan fingerprint density at radius 2 is 2.00 bits per heavy atom. The fourth-order valence-electron chi connectivity index (χ4n) is 0.526. The molecule has 0 aromatic heterocycles. The van der Waals surface area contributed by atoms with Crippen molar-refractivity contribution in [2.24, 2.45) is 0 Å². The monoisotopic (exact) mass is 286 g/mol. The molecular formula is C7H15IN2O2. The van der Waals surface area contributed by atoms with E-state index in [1.807, 2.05) is 43.6 Å². The molecule has 0 bridgehead atoms. The Morgan fingerprint density at radius 1 is 1.42 bits per heavy atom. The Hall–Kier alpha value is -0.0400. The Morgan fingerprint density at radius 3 is 2.42 bits per heavy atom. The minimum absolute atomic E-state index is 0.367. The molecule has 4 nitrogen and oxygen atoms in total. The van der Waals surface area contributed by atoms with Gasteiger partial charge in [-0.2, -0.15) is 0 Å². The number of hydrogen-bond acceptors (Lipinski definition) is 3. The van der Waals surface area contributed by atoms with E-state index in [4.69, 9.17) is 4.74 Å². The summed E-state index contributed by atoms with van der Waals surface area (Å²) in [6, 6.07) is 0. The smallest absolute Gasteiger partial charge is 0.407 e. The molecular weight excluding hydrogens is 271 g/mol. The van der Waals surface area contributed by atoms with Gasteiger partial charge in [0, 0.05) is 36.0 Å². The molecule has 0 aliphatic rings. The highest BCUT2D eigenvalue weighted by atomic mass is 127. The summed E-state index contributed by atoms with van der Waals surface area (Å²) in [6.45, 7) is 6.83. The highest BCUT2D eigenvalue weighted by Gasteiger charge is 2.14. The number of carbonyl (C=O) groups excluding carboxylic acids is 1. The predicted octanol–water partition coefficient (Wildman–Crippen LogP) is 1.45. The molecule has 0 aromatic rings. The van der Waals surface area contributed by atoms with E-state index in [0.29, 0.717) is 6.54 Å². The van der Waals surface area contributed by atoms with Crippen LogP contribution in [0, 0.1) is 0 Å². The zero-order valence-electron chi connectivity index (χ0n) is 7.61. The van der Waals surface area contributed by atoms with E-state index in [9.17, 15) is 4.79 Å². The van der Waals surface area contributed by atoms with Crippen LogP contribution in [-0.4, -0.2) is 24.8 Å². The van der Waals surface area contributed by atoms with Gasteiger partial charge in [0.25, 0.3) is 0 Å². The fraction of sp³-hybridized carbons (Fsp3) is 0.857. The third-order valence-electron chi connectivity index (χ3n) is 0.888. The summed E-state index contributed by atoms with van der Waals surface area (Å²) in [6.07, 6.45) is -0.367. The van der Waals surface area contributed by atoms with Gasteiger partial charge < -0.3 is 10.1 Å². The van der Waals surface area contributed by atoms with Crippen molar-refractivity contribution in [2.75, 3.05) is 13.1 Å². The van der Waals surface area contributed by atoms with Crippen LogP contribution in [0.4, 0.5) is 4.79 Å². The number of hydrogen-bond donors (Lipinski definition) is 2. The summed E-state index contributed by atoms with van der Waals surface area (Å²) >= 11 is 2.02. The zero-order valence-corrected chi connectivity index (χ0v) is 9.77. The highest BCUT2D eigenvalue weighted by Crippen LogP contribution is 2.05. The van der Waals surface area contributed by atoms with Gasteiger partial charge in [-0.15, -0.1) is 0 Å². The standard InChI is InChI=1S/C7H15IN2O2/c1-7(2,3)12-6(11)9-4-5-10-8/h10H,4-5H2,1-3H3,(H,9,11). The van der Waals surface area contributed by atoms with Gasteiger partial charge in [0.05, 0.1) is 0 Å². The van der Waals surface area contributed by atoms with Gasteiger partial charge in [-0.3, -0.25) is 3.53 Å².